The summed E-state index contributed by atoms with van der Waals surface area (Å²) in [5.41, 5.74) is 1.05. The number of benzene rings is 1. The molecule has 0 aliphatic rings. The van der Waals surface area contributed by atoms with Crippen molar-refractivity contribution in [2.45, 2.75) is 46.2 Å². The van der Waals surface area contributed by atoms with Crippen molar-refractivity contribution in [1.29, 1.82) is 5.26 Å². The zero-order valence-corrected chi connectivity index (χ0v) is 13.6. The lowest BCUT2D eigenvalue weighted by molar-refractivity contribution is -0.121. The number of likely N-dealkylation sites (N-methyl/N-ethyl adjacent to an activating group) is 1. The second-order valence-corrected chi connectivity index (χ2v) is 5.97. The number of carbonyl (C=O) groups is 1. The lowest BCUT2D eigenvalue weighted by Crippen LogP contribution is -2.44. The quantitative estimate of drug-likeness (QED) is 0.873. The fourth-order valence-electron chi connectivity index (χ4n) is 2.34. The minimum atomic E-state index is -0.245. The zero-order chi connectivity index (χ0) is 16.0. The van der Waals surface area contributed by atoms with Crippen LogP contribution in [0.15, 0.2) is 24.3 Å². The first-order valence-electron chi connectivity index (χ1n) is 7.38. The van der Waals surface area contributed by atoms with E-state index in [1.807, 2.05) is 20.0 Å². The van der Waals surface area contributed by atoms with Gasteiger partial charge in [0.05, 0.1) is 17.3 Å². The van der Waals surface area contributed by atoms with Crippen LogP contribution in [0.3, 0.4) is 0 Å². The van der Waals surface area contributed by atoms with Gasteiger partial charge >= 0.3 is 0 Å². The van der Waals surface area contributed by atoms with Crippen molar-refractivity contribution in [2.24, 2.45) is 5.92 Å². The number of rotatable bonds is 6. The molecule has 21 heavy (non-hydrogen) atoms. The average molecular weight is 287 g/mol. The van der Waals surface area contributed by atoms with Crippen molar-refractivity contribution < 1.29 is 4.79 Å². The van der Waals surface area contributed by atoms with Gasteiger partial charge in [0.1, 0.15) is 6.07 Å². The fraction of sp³-hybridized carbons (Fsp3) is 0.529. The molecule has 0 saturated carbocycles. The van der Waals surface area contributed by atoms with E-state index in [-0.39, 0.29) is 11.9 Å². The number of carbonyl (C=O) groups excluding carboxylic acids is 1. The molecule has 4 nitrogen and oxygen atoms in total. The molecule has 2 atom stereocenters. The van der Waals surface area contributed by atoms with Crippen LogP contribution >= 0.6 is 0 Å². The molecule has 2 unspecified atom stereocenters. The van der Waals surface area contributed by atoms with Gasteiger partial charge in [0.15, 0.2) is 0 Å². The molecule has 1 N–H and O–H groups in total. The molecule has 0 spiro atoms. The molecule has 0 aliphatic heterocycles. The standard InChI is InChI=1S/C17H25N3O/c1-12(2)10-13(3)20(5)14(4)17(21)19-16-9-7-6-8-15(16)11-18/h6-9,12-14H,10H2,1-5H3,(H,19,21). The normalized spacial score (nSPS) is 13.8. The monoisotopic (exact) mass is 287 g/mol. The molecule has 0 saturated heterocycles. The third kappa shape index (κ3) is 4.87. The minimum absolute atomic E-state index is 0.0872. The molecule has 0 aliphatic carbocycles. The minimum Gasteiger partial charge on any atom is -0.324 e. The van der Waals surface area contributed by atoms with Crippen LogP contribution in [-0.2, 0) is 4.79 Å². The Hall–Kier alpha value is -1.86. The zero-order valence-electron chi connectivity index (χ0n) is 13.6. The predicted octanol–water partition coefficient (Wildman–Crippen LogP) is 3.25. The van der Waals surface area contributed by atoms with Crippen LogP contribution < -0.4 is 5.32 Å². The van der Waals surface area contributed by atoms with E-state index in [2.05, 4.69) is 37.1 Å². The van der Waals surface area contributed by atoms with E-state index in [9.17, 15) is 4.79 Å². The average Bonchev–Trinajstić information content (AvgIpc) is 2.45. The Morgan fingerprint density at radius 3 is 2.48 bits per heavy atom. The number of nitrogens with zero attached hydrogens (tertiary/aromatic N) is 2. The molecule has 0 heterocycles. The highest BCUT2D eigenvalue weighted by Gasteiger charge is 2.23. The van der Waals surface area contributed by atoms with Crippen LogP contribution in [0, 0.1) is 17.2 Å². The fourth-order valence-corrected chi connectivity index (χ4v) is 2.34. The van der Waals surface area contributed by atoms with Gasteiger partial charge in [-0.25, -0.2) is 0 Å². The first kappa shape index (κ1) is 17.2. The number of hydrogen-bond acceptors (Lipinski definition) is 3. The predicted molar refractivity (Wildman–Crippen MR) is 85.9 cm³/mol. The maximum Gasteiger partial charge on any atom is 0.241 e. The maximum absolute atomic E-state index is 12.4. The van der Waals surface area contributed by atoms with Gasteiger partial charge in [-0.15, -0.1) is 0 Å². The topological polar surface area (TPSA) is 56.1 Å². The first-order chi connectivity index (χ1) is 9.86. The molecule has 1 aromatic rings. The van der Waals surface area contributed by atoms with Gasteiger partial charge in [-0.1, -0.05) is 26.0 Å². The summed E-state index contributed by atoms with van der Waals surface area (Å²) in [6.07, 6.45) is 1.04. The van der Waals surface area contributed by atoms with Crippen molar-refractivity contribution in [2.75, 3.05) is 12.4 Å². The van der Waals surface area contributed by atoms with E-state index in [0.717, 1.165) is 6.42 Å². The summed E-state index contributed by atoms with van der Waals surface area (Å²) >= 11 is 0. The molecule has 0 radical (unpaired) electrons. The van der Waals surface area contributed by atoms with E-state index in [1.165, 1.54) is 0 Å². The van der Waals surface area contributed by atoms with Gasteiger partial charge in [-0.05, 0) is 45.4 Å². The van der Waals surface area contributed by atoms with Crippen LogP contribution in [0.1, 0.15) is 39.7 Å². The third-order valence-electron chi connectivity index (χ3n) is 3.80. The van der Waals surface area contributed by atoms with Crippen molar-refractivity contribution in [1.82, 2.24) is 4.90 Å². The first-order valence-corrected chi connectivity index (χ1v) is 7.38. The highest BCUT2D eigenvalue weighted by atomic mass is 16.2. The molecule has 0 aromatic heterocycles. The van der Waals surface area contributed by atoms with E-state index in [1.54, 1.807) is 18.2 Å². The number of anilines is 1. The highest BCUT2D eigenvalue weighted by molar-refractivity contribution is 5.95. The van der Waals surface area contributed by atoms with Crippen molar-refractivity contribution in [3.8, 4) is 6.07 Å². The smallest absolute Gasteiger partial charge is 0.241 e. The van der Waals surface area contributed by atoms with E-state index in [0.29, 0.717) is 23.2 Å². The number of para-hydroxylation sites is 1. The summed E-state index contributed by atoms with van der Waals surface area (Å²) in [6.45, 7) is 8.38. The van der Waals surface area contributed by atoms with Crippen LogP contribution in [0.2, 0.25) is 0 Å². The Morgan fingerprint density at radius 1 is 1.29 bits per heavy atom. The number of amides is 1. The Morgan fingerprint density at radius 2 is 1.90 bits per heavy atom. The number of nitriles is 1. The molecular weight excluding hydrogens is 262 g/mol. The van der Waals surface area contributed by atoms with E-state index < -0.39 is 0 Å². The largest absolute Gasteiger partial charge is 0.324 e. The SMILES string of the molecule is CC(C)CC(C)N(C)C(C)C(=O)Nc1ccccc1C#N. The van der Waals surface area contributed by atoms with Gasteiger partial charge < -0.3 is 5.32 Å². The molecule has 0 fully saturated rings. The van der Waals surface area contributed by atoms with Crippen LogP contribution in [0.25, 0.3) is 0 Å². The second kappa shape index (κ2) is 7.80. The van der Waals surface area contributed by atoms with Gasteiger partial charge in [0.2, 0.25) is 5.91 Å². The summed E-state index contributed by atoms with van der Waals surface area (Å²) in [6, 6.07) is 9.22. The summed E-state index contributed by atoms with van der Waals surface area (Å²) < 4.78 is 0. The van der Waals surface area contributed by atoms with Gasteiger partial charge in [0, 0.05) is 6.04 Å². The van der Waals surface area contributed by atoms with Gasteiger partial charge in [-0.3, -0.25) is 9.69 Å². The molecule has 1 aromatic carbocycles. The molecule has 1 amide bonds. The maximum atomic E-state index is 12.4. The van der Waals surface area contributed by atoms with Crippen LogP contribution in [-0.4, -0.2) is 29.9 Å². The summed E-state index contributed by atoms with van der Waals surface area (Å²) in [7, 11) is 1.97. The van der Waals surface area contributed by atoms with E-state index >= 15 is 0 Å². The molecular formula is C17H25N3O. The van der Waals surface area contributed by atoms with Gasteiger partial charge in [0.25, 0.3) is 0 Å². The lowest BCUT2D eigenvalue weighted by atomic mass is 10.0. The Kier molecular flexibility index (Phi) is 6.39. The van der Waals surface area contributed by atoms with Crippen LogP contribution in [0.4, 0.5) is 5.69 Å². The molecule has 114 valence electrons. The number of nitrogens with one attached hydrogen (secondary N) is 1. The highest BCUT2D eigenvalue weighted by Crippen LogP contribution is 2.16. The van der Waals surface area contributed by atoms with Crippen molar-refractivity contribution >= 4 is 11.6 Å². The number of hydrogen-bond donors (Lipinski definition) is 1. The summed E-state index contributed by atoms with van der Waals surface area (Å²) in [4.78, 5) is 14.4. The molecule has 0 bridgehead atoms. The van der Waals surface area contributed by atoms with Crippen LogP contribution in [0.5, 0.6) is 0 Å². The lowest BCUT2D eigenvalue weighted by Gasteiger charge is -2.31. The third-order valence-corrected chi connectivity index (χ3v) is 3.80. The van der Waals surface area contributed by atoms with E-state index in [4.69, 9.17) is 5.26 Å². The Labute approximate surface area is 127 Å². The molecule has 1 rings (SSSR count). The van der Waals surface area contributed by atoms with Gasteiger partial charge in [-0.2, -0.15) is 5.26 Å². The summed E-state index contributed by atoms with van der Waals surface area (Å²) in [5.74, 6) is 0.507. The van der Waals surface area contributed by atoms with Crippen molar-refractivity contribution in [3.63, 3.8) is 0 Å². The Bertz CT molecular complexity index is 519. The molecule has 4 heteroatoms. The second-order valence-electron chi connectivity index (χ2n) is 5.97. The van der Waals surface area contributed by atoms with Crippen molar-refractivity contribution in [3.05, 3.63) is 29.8 Å². The summed E-state index contributed by atoms with van der Waals surface area (Å²) in [5, 5.41) is 11.9. The Balaban J connectivity index is 2.73.